The number of aliphatic hydroxyl groups excluding tert-OH is 1. The van der Waals surface area contributed by atoms with Gasteiger partial charge in [0.15, 0.2) is 5.78 Å². The molecule has 1 aromatic heterocycles. The summed E-state index contributed by atoms with van der Waals surface area (Å²) in [5.74, 6) is 1.50. The summed E-state index contributed by atoms with van der Waals surface area (Å²) in [7, 11) is 0. The molecule has 1 N–H and O–H groups in total. The molecule has 2 aromatic carbocycles. The number of aliphatic hydroxyl groups is 1. The van der Waals surface area contributed by atoms with Crippen LogP contribution < -0.4 is 4.74 Å². The van der Waals surface area contributed by atoms with Crippen LogP contribution in [-0.4, -0.2) is 73.5 Å². The quantitative estimate of drug-likeness (QED) is 0.554. The van der Waals surface area contributed by atoms with Crippen molar-refractivity contribution in [2.45, 2.75) is 19.3 Å². The first-order valence-corrected chi connectivity index (χ1v) is 11.5. The first kappa shape index (κ1) is 22.1. The van der Waals surface area contributed by atoms with Crippen LogP contribution in [0.15, 0.2) is 46.9 Å². The van der Waals surface area contributed by atoms with Crippen LogP contribution in [-0.2, 0) is 10.2 Å². The maximum absolute atomic E-state index is 13.4. The van der Waals surface area contributed by atoms with E-state index in [0.29, 0.717) is 24.5 Å². The molecule has 0 spiro atoms. The van der Waals surface area contributed by atoms with Gasteiger partial charge in [-0.1, -0.05) is 18.2 Å². The SMILES string of the molecule is CC1(C)c2cc(OCCN3CCN(COCO)CC3)ccc2C(=O)c2c1oc1ccccc21. The summed E-state index contributed by atoms with van der Waals surface area (Å²) in [4.78, 5) is 17.9. The van der Waals surface area contributed by atoms with Crippen molar-refractivity contribution >= 4 is 16.8 Å². The number of furan rings is 1. The van der Waals surface area contributed by atoms with Crippen LogP contribution in [0, 0.1) is 0 Å². The van der Waals surface area contributed by atoms with Crippen molar-refractivity contribution in [1.82, 2.24) is 9.80 Å². The average molecular weight is 451 g/mol. The van der Waals surface area contributed by atoms with E-state index in [1.807, 2.05) is 42.5 Å². The second-order valence-electron chi connectivity index (χ2n) is 9.23. The standard InChI is InChI=1S/C26H30N2O5/c1-26(2)21-15-18(32-14-13-27-9-11-28(12-10-27)16-31-17-29)7-8-19(21)24(30)23-20-5-3-4-6-22(20)33-25(23)26/h3-8,15,29H,9-14,16-17H2,1-2H3. The van der Waals surface area contributed by atoms with Gasteiger partial charge >= 0.3 is 0 Å². The molecule has 174 valence electrons. The number of hydrogen-bond acceptors (Lipinski definition) is 7. The third-order valence-corrected chi connectivity index (χ3v) is 6.81. The zero-order valence-corrected chi connectivity index (χ0v) is 19.2. The Balaban J connectivity index is 1.27. The van der Waals surface area contributed by atoms with E-state index in [2.05, 4.69) is 23.6 Å². The van der Waals surface area contributed by atoms with Gasteiger partial charge in [-0.2, -0.15) is 0 Å². The number of ketones is 1. The lowest BCUT2D eigenvalue weighted by molar-refractivity contribution is -0.0649. The van der Waals surface area contributed by atoms with Crippen LogP contribution in [0.1, 0.15) is 41.1 Å². The van der Waals surface area contributed by atoms with E-state index in [1.165, 1.54) is 0 Å². The summed E-state index contributed by atoms with van der Waals surface area (Å²) in [5, 5.41) is 9.65. The topological polar surface area (TPSA) is 75.4 Å². The molecule has 0 atom stereocenters. The van der Waals surface area contributed by atoms with Crippen LogP contribution in [0.25, 0.3) is 11.0 Å². The minimum Gasteiger partial charge on any atom is -0.492 e. The molecular formula is C26H30N2O5. The number of rotatable bonds is 7. The first-order valence-electron chi connectivity index (χ1n) is 11.5. The zero-order valence-electron chi connectivity index (χ0n) is 19.2. The lowest BCUT2D eigenvalue weighted by Gasteiger charge is -2.34. The Morgan fingerprint density at radius 1 is 1.06 bits per heavy atom. The van der Waals surface area contributed by atoms with Gasteiger partial charge in [0.05, 0.1) is 5.56 Å². The van der Waals surface area contributed by atoms with Gasteiger partial charge in [-0.3, -0.25) is 14.6 Å². The minimum absolute atomic E-state index is 0.0128. The van der Waals surface area contributed by atoms with Crippen molar-refractivity contribution in [3.05, 3.63) is 64.9 Å². The van der Waals surface area contributed by atoms with E-state index < -0.39 is 5.41 Å². The van der Waals surface area contributed by atoms with Crippen molar-refractivity contribution in [3.8, 4) is 5.75 Å². The van der Waals surface area contributed by atoms with Gasteiger partial charge in [-0.15, -0.1) is 0 Å². The molecule has 7 nitrogen and oxygen atoms in total. The van der Waals surface area contributed by atoms with Crippen molar-refractivity contribution < 1.29 is 23.8 Å². The molecular weight excluding hydrogens is 420 g/mol. The minimum atomic E-state index is -0.441. The smallest absolute Gasteiger partial charge is 0.197 e. The number of ether oxygens (including phenoxy) is 2. The van der Waals surface area contributed by atoms with Gasteiger partial charge in [0, 0.05) is 49.1 Å². The maximum atomic E-state index is 13.4. The molecule has 0 unspecified atom stereocenters. The lowest BCUT2D eigenvalue weighted by Crippen LogP contribution is -2.48. The molecule has 1 saturated heterocycles. The van der Waals surface area contributed by atoms with E-state index in [1.54, 1.807) is 0 Å². The summed E-state index contributed by atoms with van der Waals surface area (Å²) < 4.78 is 17.3. The fourth-order valence-electron chi connectivity index (χ4n) is 4.90. The Labute approximate surface area is 193 Å². The third kappa shape index (κ3) is 4.06. The number of nitrogens with zero attached hydrogens (tertiary/aromatic N) is 2. The van der Waals surface area contributed by atoms with Gasteiger partial charge in [0.25, 0.3) is 0 Å². The van der Waals surface area contributed by atoms with E-state index in [9.17, 15) is 4.79 Å². The number of para-hydroxylation sites is 1. The fourth-order valence-corrected chi connectivity index (χ4v) is 4.90. The van der Waals surface area contributed by atoms with Crippen LogP contribution in [0.5, 0.6) is 5.75 Å². The van der Waals surface area contributed by atoms with Crippen molar-refractivity contribution in [2.75, 3.05) is 52.9 Å². The largest absolute Gasteiger partial charge is 0.492 e. The van der Waals surface area contributed by atoms with E-state index in [0.717, 1.165) is 60.8 Å². The van der Waals surface area contributed by atoms with Crippen LogP contribution in [0.4, 0.5) is 0 Å². The van der Waals surface area contributed by atoms with Crippen LogP contribution >= 0.6 is 0 Å². The molecule has 7 heteroatoms. The zero-order chi connectivity index (χ0) is 23.0. The van der Waals surface area contributed by atoms with E-state index >= 15 is 0 Å². The highest BCUT2D eigenvalue weighted by molar-refractivity contribution is 6.19. The second kappa shape index (κ2) is 8.91. The van der Waals surface area contributed by atoms with E-state index in [-0.39, 0.29) is 12.6 Å². The molecule has 1 fully saturated rings. The number of carbonyl (C=O) groups is 1. The van der Waals surface area contributed by atoms with Gasteiger partial charge in [0.1, 0.15) is 37.2 Å². The molecule has 33 heavy (non-hydrogen) atoms. The Morgan fingerprint density at radius 3 is 2.61 bits per heavy atom. The Morgan fingerprint density at radius 2 is 1.82 bits per heavy atom. The Kier molecular flexibility index (Phi) is 5.97. The predicted molar refractivity (Wildman–Crippen MR) is 125 cm³/mol. The molecule has 0 amide bonds. The predicted octanol–water partition coefficient (Wildman–Crippen LogP) is 3.22. The summed E-state index contributed by atoms with van der Waals surface area (Å²) in [6.07, 6.45) is 0. The van der Waals surface area contributed by atoms with Crippen molar-refractivity contribution in [2.24, 2.45) is 0 Å². The van der Waals surface area contributed by atoms with Crippen molar-refractivity contribution in [3.63, 3.8) is 0 Å². The molecule has 0 bridgehead atoms. The Bertz CT molecular complexity index is 1160. The molecule has 0 saturated carbocycles. The second-order valence-corrected chi connectivity index (χ2v) is 9.23. The average Bonchev–Trinajstić information content (AvgIpc) is 3.23. The lowest BCUT2D eigenvalue weighted by atomic mass is 9.72. The molecule has 2 heterocycles. The monoisotopic (exact) mass is 450 g/mol. The molecule has 5 rings (SSSR count). The molecule has 1 aliphatic heterocycles. The van der Waals surface area contributed by atoms with Crippen molar-refractivity contribution in [1.29, 1.82) is 0 Å². The third-order valence-electron chi connectivity index (χ3n) is 6.81. The number of carbonyl (C=O) groups excluding carboxylic acids is 1. The highest BCUT2D eigenvalue weighted by atomic mass is 16.6. The molecule has 2 aliphatic rings. The summed E-state index contributed by atoms with van der Waals surface area (Å²) in [5.41, 5.74) is 2.64. The van der Waals surface area contributed by atoms with Gasteiger partial charge in [-0.25, -0.2) is 0 Å². The summed E-state index contributed by atoms with van der Waals surface area (Å²) in [6, 6.07) is 13.5. The molecule has 3 aromatic rings. The number of hydrogen-bond donors (Lipinski definition) is 1. The van der Waals surface area contributed by atoms with Crippen LogP contribution in [0.3, 0.4) is 0 Å². The van der Waals surface area contributed by atoms with Crippen LogP contribution in [0.2, 0.25) is 0 Å². The molecule has 1 aliphatic carbocycles. The highest BCUT2D eigenvalue weighted by Gasteiger charge is 2.41. The summed E-state index contributed by atoms with van der Waals surface area (Å²) >= 11 is 0. The van der Waals surface area contributed by atoms with E-state index in [4.69, 9.17) is 19.0 Å². The number of fused-ring (bicyclic) bond motifs is 4. The van der Waals surface area contributed by atoms with Gasteiger partial charge < -0.3 is 19.0 Å². The normalized spacial score (nSPS) is 18.3. The summed E-state index contributed by atoms with van der Waals surface area (Å²) in [6.45, 7) is 9.55. The van der Waals surface area contributed by atoms with Gasteiger partial charge in [-0.05, 0) is 43.7 Å². The maximum Gasteiger partial charge on any atom is 0.197 e. The number of benzene rings is 2. The molecule has 0 radical (unpaired) electrons. The first-order chi connectivity index (χ1) is 16.0. The number of piperazine rings is 1. The highest BCUT2D eigenvalue weighted by Crippen LogP contribution is 2.46. The Hall–Kier alpha value is -2.71. The fraction of sp³-hybridized carbons (Fsp3) is 0.423. The van der Waals surface area contributed by atoms with Gasteiger partial charge in [0.2, 0.25) is 0 Å².